The Morgan fingerprint density at radius 3 is 2.56 bits per heavy atom. The maximum atomic E-state index is 3.56. The van der Waals surface area contributed by atoms with E-state index in [2.05, 4.69) is 56.5 Å². The number of benzene rings is 1. The Kier molecular flexibility index (Phi) is 4.35. The minimum absolute atomic E-state index is 0.894. The van der Waals surface area contributed by atoms with Crippen LogP contribution in [-0.2, 0) is 6.54 Å². The zero-order chi connectivity index (χ0) is 11.4. The summed E-state index contributed by atoms with van der Waals surface area (Å²) in [5.41, 5.74) is 4.78. The van der Waals surface area contributed by atoms with Crippen LogP contribution in [0.4, 0.5) is 0 Å². The van der Waals surface area contributed by atoms with Gasteiger partial charge >= 0.3 is 0 Å². The smallest absolute Gasteiger partial charge is 0.0364 e. The number of hydrazine groups is 1. The van der Waals surface area contributed by atoms with Gasteiger partial charge in [-0.25, -0.2) is 5.01 Å². The first-order valence-electron chi connectivity index (χ1n) is 5.66. The van der Waals surface area contributed by atoms with Gasteiger partial charge in [-0.2, -0.15) is 0 Å². The van der Waals surface area contributed by atoms with Crippen molar-refractivity contribution in [1.82, 2.24) is 15.3 Å². The van der Waals surface area contributed by atoms with Gasteiger partial charge in [-0.1, -0.05) is 34.1 Å². The van der Waals surface area contributed by atoms with Gasteiger partial charge in [0.15, 0.2) is 0 Å². The Morgan fingerprint density at radius 1 is 1.19 bits per heavy atom. The van der Waals surface area contributed by atoms with E-state index in [1.165, 1.54) is 10.0 Å². The molecule has 0 bridgehead atoms. The predicted molar refractivity (Wildman–Crippen MR) is 70.1 cm³/mol. The summed E-state index contributed by atoms with van der Waals surface area (Å²) in [7, 11) is 2.17. The molecule has 2 rings (SSSR count). The highest BCUT2D eigenvalue weighted by molar-refractivity contribution is 9.10. The number of hydrogen-bond acceptors (Lipinski definition) is 3. The Bertz CT molecular complexity index is 335. The Morgan fingerprint density at radius 2 is 1.88 bits per heavy atom. The van der Waals surface area contributed by atoms with E-state index in [0.717, 1.165) is 32.7 Å². The summed E-state index contributed by atoms with van der Waals surface area (Å²) in [6, 6.07) is 8.35. The van der Waals surface area contributed by atoms with Crippen molar-refractivity contribution in [2.75, 3.05) is 33.2 Å². The summed E-state index contributed by atoms with van der Waals surface area (Å²) in [5.74, 6) is 0. The molecule has 16 heavy (non-hydrogen) atoms. The van der Waals surface area contributed by atoms with Crippen LogP contribution in [0.25, 0.3) is 0 Å². The van der Waals surface area contributed by atoms with Gasteiger partial charge in [-0.3, -0.25) is 5.43 Å². The molecule has 0 aliphatic carbocycles. The van der Waals surface area contributed by atoms with Gasteiger partial charge in [0, 0.05) is 37.2 Å². The molecule has 0 radical (unpaired) electrons. The number of halogens is 1. The molecule has 1 aliphatic heterocycles. The molecule has 1 aromatic carbocycles. The molecule has 4 heteroatoms. The van der Waals surface area contributed by atoms with Crippen molar-refractivity contribution in [2.45, 2.75) is 6.54 Å². The molecule has 0 atom stereocenters. The molecule has 0 aromatic heterocycles. The summed E-state index contributed by atoms with van der Waals surface area (Å²) in [6.07, 6.45) is 0. The SMILES string of the molecule is CN1CCN(NCc2ccccc2Br)CC1. The molecule has 0 saturated carbocycles. The van der Waals surface area contributed by atoms with Crippen LogP contribution in [0.5, 0.6) is 0 Å². The van der Waals surface area contributed by atoms with Crippen molar-refractivity contribution in [3.8, 4) is 0 Å². The summed E-state index contributed by atoms with van der Waals surface area (Å²) in [5, 5.41) is 2.30. The molecule has 1 saturated heterocycles. The third kappa shape index (κ3) is 3.28. The number of nitrogens with one attached hydrogen (secondary N) is 1. The van der Waals surface area contributed by atoms with E-state index in [1.807, 2.05) is 6.07 Å². The number of piperazine rings is 1. The van der Waals surface area contributed by atoms with E-state index < -0.39 is 0 Å². The van der Waals surface area contributed by atoms with Gasteiger partial charge in [0.2, 0.25) is 0 Å². The average molecular weight is 284 g/mol. The summed E-state index contributed by atoms with van der Waals surface area (Å²) >= 11 is 3.56. The topological polar surface area (TPSA) is 18.5 Å². The minimum atomic E-state index is 0.894. The van der Waals surface area contributed by atoms with Crippen LogP contribution in [0, 0.1) is 0 Å². The Labute approximate surface area is 106 Å². The van der Waals surface area contributed by atoms with Crippen molar-refractivity contribution in [1.29, 1.82) is 0 Å². The largest absolute Gasteiger partial charge is 0.304 e. The number of rotatable bonds is 3. The quantitative estimate of drug-likeness (QED) is 0.911. The van der Waals surface area contributed by atoms with Crippen LogP contribution in [0.2, 0.25) is 0 Å². The Hall–Kier alpha value is -0.420. The monoisotopic (exact) mass is 283 g/mol. The second-order valence-electron chi connectivity index (χ2n) is 4.22. The highest BCUT2D eigenvalue weighted by atomic mass is 79.9. The van der Waals surface area contributed by atoms with E-state index >= 15 is 0 Å². The van der Waals surface area contributed by atoms with Crippen LogP contribution in [0.1, 0.15) is 5.56 Å². The zero-order valence-corrected chi connectivity index (χ0v) is 11.2. The number of nitrogens with zero attached hydrogens (tertiary/aromatic N) is 2. The van der Waals surface area contributed by atoms with Gasteiger partial charge in [-0.05, 0) is 18.7 Å². The lowest BCUT2D eigenvalue weighted by molar-refractivity contribution is 0.102. The van der Waals surface area contributed by atoms with Gasteiger partial charge in [-0.15, -0.1) is 0 Å². The molecule has 0 amide bonds. The minimum Gasteiger partial charge on any atom is -0.304 e. The van der Waals surface area contributed by atoms with Crippen LogP contribution in [0.3, 0.4) is 0 Å². The van der Waals surface area contributed by atoms with Crippen LogP contribution in [-0.4, -0.2) is 43.1 Å². The van der Waals surface area contributed by atoms with E-state index in [4.69, 9.17) is 0 Å². The van der Waals surface area contributed by atoms with E-state index in [-0.39, 0.29) is 0 Å². The fourth-order valence-corrected chi connectivity index (χ4v) is 2.23. The highest BCUT2D eigenvalue weighted by Crippen LogP contribution is 2.15. The van der Waals surface area contributed by atoms with Gasteiger partial charge in [0.25, 0.3) is 0 Å². The van der Waals surface area contributed by atoms with Crippen molar-refractivity contribution < 1.29 is 0 Å². The predicted octanol–water partition coefficient (Wildman–Crippen LogP) is 1.70. The van der Waals surface area contributed by atoms with E-state index in [9.17, 15) is 0 Å². The summed E-state index contributed by atoms with van der Waals surface area (Å²) in [4.78, 5) is 2.36. The fraction of sp³-hybridized carbons (Fsp3) is 0.500. The molecule has 1 heterocycles. The van der Waals surface area contributed by atoms with Crippen LogP contribution in [0.15, 0.2) is 28.7 Å². The molecule has 1 aromatic rings. The van der Waals surface area contributed by atoms with Crippen molar-refractivity contribution >= 4 is 15.9 Å². The molecule has 1 aliphatic rings. The van der Waals surface area contributed by atoms with Crippen molar-refractivity contribution in [2.24, 2.45) is 0 Å². The molecule has 0 unspecified atom stereocenters. The Balaban J connectivity index is 1.81. The molecule has 0 spiro atoms. The third-order valence-corrected chi connectivity index (χ3v) is 3.73. The van der Waals surface area contributed by atoms with Crippen LogP contribution < -0.4 is 5.43 Å². The van der Waals surface area contributed by atoms with Crippen LogP contribution >= 0.6 is 15.9 Å². The van der Waals surface area contributed by atoms with E-state index in [1.54, 1.807) is 0 Å². The number of hydrogen-bond donors (Lipinski definition) is 1. The van der Waals surface area contributed by atoms with Crippen molar-refractivity contribution in [3.63, 3.8) is 0 Å². The lowest BCUT2D eigenvalue weighted by atomic mass is 10.2. The second kappa shape index (κ2) is 5.77. The van der Waals surface area contributed by atoms with Gasteiger partial charge in [0.05, 0.1) is 0 Å². The zero-order valence-electron chi connectivity index (χ0n) is 9.62. The van der Waals surface area contributed by atoms with Gasteiger partial charge in [0.1, 0.15) is 0 Å². The lowest BCUT2D eigenvalue weighted by Crippen LogP contribution is -2.50. The maximum absolute atomic E-state index is 3.56. The van der Waals surface area contributed by atoms with Crippen molar-refractivity contribution in [3.05, 3.63) is 34.3 Å². The highest BCUT2D eigenvalue weighted by Gasteiger charge is 2.12. The summed E-state index contributed by atoms with van der Waals surface area (Å²) in [6.45, 7) is 5.37. The number of likely N-dealkylation sites (N-methyl/N-ethyl adjacent to an activating group) is 1. The van der Waals surface area contributed by atoms with E-state index in [0.29, 0.717) is 0 Å². The lowest BCUT2D eigenvalue weighted by Gasteiger charge is -2.32. The molecule has 1 N–H and O–H groups in total. The molecule has 3 nitrogen and oxygen atoms in total. The average Bonchev–Trinajstić information content (AvgIpc) is 2.30. The molecular formula is C12H18BrN3. The first-order valence-corrected chi connectivity index (χ1v) is 6.45. The first-order chi connectivity index (χ1) is 7.75. The maximum Gasteiger partial charge on any atom is 0.0364 e. The molecular weight excluding hydrogens is 266 g/mol. The normalized spacial score (nSPS) is 18.9. The molecule has 88 valence electrons. The molecule has 1 fully saturated rings. The summed E-state index contributed by atoms with van der Waals surface area (Å²) < 4.78 is 1.18. The van der Waals surface area contributed by atoms with Gasteiger partial charge < -0.3 is 4.90 Å². The fourth-order valence-electron chi connectivity index (χ4n) is 1.80. The standard InChI is InChI=1S/C12H18BrN3/c1-15-6-8-16(9-7-15)14-10-11-4-2-3-5-12(11)13/h2-5,14H,6-10H2,1H3. The third-order valence-electron chi connectivity index (χ3n) is 2.95. The first kappa shape index (κ1) is 12.0. The second-order valence-corrected chi connectivity index (χ2v) is 5.07.